The van der Waals surface area contributed by atoms with Gasteiger partial charge in [0, 0.05) is 29.9 Å². The molecule has 0 spiro atoms. The molecular weight excluding hydrogens is 473 g/mol. The van der Waals surface area contributed by atoms with Crippen molar-refractivity contribution in [3.8, 4) is 0 Å². The van der Waals surface area contributed by atoms with Crippen molar-refractivity contribution in [2.45, 2.75) is 71.4 Å². The van der Waals surface area contributed by atoms with Gasteiger partial charge >= 0.3 is 29.6 Å². The number of nitrogens with zero attached hydrogens (tertiary/aromatic N) is 2. The average molecular weight is 524 g/mol. The van der Waals surface area contributed by atoms with Gasteiger partial charge in [-0.25, -0.2) is 0 Å². The van der Waals surface area contributed by atoms with Crippen LogP contribution in [-0.4, -0.2) is 42.5 Å². The monoisotopic (exact) mass is 523 g/mol. The van der Waals surface area contributed by atoms with Gasteiger partial charge < -0.3 is 21.7 Å². The molecule has 0 radical (unpaired) electrons. The molecule has 202 valence electrons. The quantitative estimate of drug-likeness (QED) is 0.415. The second-order valence-electron chi connectivity index (χ2n) is 10.9. The molecule has 2 aromatic carbocycles. The van der Waals surface area contributed by atoms with E-state index in [1.807, 2.05) is 6.07 Å². The Kier molecular flexibility index (Phi) is 16.0. The molecule has 2 aliphatic heterocycles. The van der Waals surface area contributed by atoms with E-state index in [9.17, 15) is 0 Å². The van der Waals surface area contributed by atoms with E-state index in [4.69, 9.17) is 0 Å². The largest absolute Gasteiger partial charge is 1.00 e. The summed E-state index contributed by atoms with van der Waals surface area (Å²) in [6.45, 7) is 27.1. The normalized spacial score (nSPS) is 21.1. The number of nitrogens with one attached hydrogen (secondary N) is 1. The van der Waals surface area contributed by atoms with E-state index < -0.39 is 0 Å². The maximum atomic E-state index is 4.59. The van der Waals surface area contributed by atoms with E-state index in [0.717, 1.165) is 18.8 Å². The van der Waals surface area contributed by atoms with Crippen molar-refractivity contribution in [2.24, 2.45) is 5.41 Å². The van der Waals surface area contributed by atoms with E-state index in [-0.39, 0.29) is 35.0 Å². The SMILES string of the molecule is C=C(NCc1ccccc1)C1CCCN1C(=C)C1(C)CCCN(C)CC1.CC(C)c1ccccc1.[CH-]=C.[Na+]. The first-order chi connectivity index (χ1) is 17.8. The smallest absolute Gasteiger partial charge is 0.521 e. The number of hydrogen-bond donors (Lipinski definition) is 1. The minimum absolute atomic E-state index is 0. The van der Waals surface area contributed by atoms with Crippen molar-refractivity contribution in [1.82, 2.24) is 15.1 Å². The van der Waals surface area contributed by atoms with Gasteiger partial charge in [0.25, 0.3) is 0 Å². The summed E-state index contributed by atoms with van der Waals surface area (Å²) < 4.78 is 0. The first-order valence-electron chi connectivity index (χ1n) is 13.9. The van der Waals surface area contributed by atoms with Gasteiger partial charge in [0.1, 0.15) is 0 Å². The van der Waals surface area contributed by atoms with Crippen molar-refractivity contribution in [1.29, 1.82) is 0 Å². The van der Waals surface area contributed by atoms with Crippen LogP contribution in [0.1, 0.15) is 69.9 Å². The zero-order valence-electron chi connectivity index (χ0n) is 24.9. The summed E-state index contributed by atoms with van der Waals surface area (Å²) in [5.74, 6) is 0.659. The molecule has 2 aliphatic rings. The summed E-state index contributed by atoms with van der Waals surface area (Å²) in [5.41, 5.74) is 5.40. The minimum Gasteiger partial charge on any atom is -0.521 e. The molecule has 2 atom stereocenters. The van der Waals surface area contributed by atoms with Gasteiger partial charge in [0.2, 0.25) is 0 Å². The van der Waals surface area contributed by atoms with Gasteiger partial charge in [-0.15, -0.1) is 0 Å². The van der Waals surface area contributed by atoms with Crippen LogP contribution in [0.3, 0.4) is 0 Å². The Morgan fingerprint density at radius 2 is 1.55 bits per heavy atom. The molecule has 38 heavy (non-hydrogen) atoms. The van der Waals surface area contributed by atoms with Gasteiger partial charge in [-0.3, -0.25) is 6.58 Å². The van der Waals surface area contributed by atoms with Crippen molar-refractivity contribution < 1.29 is 29.6 Å². The molecular formula is C34H50N3Na. The van der Waals surface area contributed by atoms with Crippen LogP contribution >= 0.6 is 0 Å². The third-order valence-corrected chi connectivity index (χ3v) is 7.84. The molecule has 2 unspecified atom stereocenters. The summed E-state index contributed by atoms with van der Waals surface area (Å²) >= 11 is 0. The Bertz CT molecular complexity index is 943. The Hall–Kier alpha value is -1.78. The number of allylic oxidation sites excluding steroid dienone is 1. The first-order valence-corrected chi connectivity index (χ1v) is 13.9. The zero-order valence-corrected chi connectivity index (χ0v) is 26.9. The molecule has 0 amide bonds. The molecule has 1 N–H and O–H groups in total. The van der Waals surface area contributed by atoms with Crippen LogP contribution in [0.15, 0.2) is 91.8 Å². The number of rotatable bonds is 7. The first kappa shape index (κ1) is 34.2. The zero-order chi connectivity index (χ0) is 27.3. The molecule has 0 aliphatic carbocycles. The molecule has 2 aromatic rings. The third kappa shape index (κ3) is 10.4. The average Bonchev–Trinajstić information content (AvgIpc) is 3.35. The Morgan fingerprint density at radius 3 is 2.13 bits per heavy atom. The van der Waals surface area contributed by atoms with E-state index in [2.05, 4.69) is 124 Å². The van der Waals surface area contributed by atoms with Crippen molar-refractivity contribution in [2.75, 3.05) is 26.7 Å². The molecule has 3 nitrogen and oxygen atoms in total. The number of likely N-dealkylation sites (tertiary alicyclic amines) is 2. The second-order valence-corrected chi connectivity index (χ2v) is 10.9. The van der Waals surface area contributed by atoms with Gasteiger partial charge in [0.15, 0.2) is 0 Å². The maximum absolute atomic E-state index is 4.59. The number of hydrogen-bond acceptors (Lipinski definition) is 3. The van der Waals surface area contributed by atoms with Crippen LogP contribution in [0.2, 0.25) is 0 Å². The van der Waals surface area contributed by atoms with Crippen molar-refractivity contribution in [3.63, 3.8) is 0 Å². The fourth-order valence-corrected chi connectivity index (χ4v) is 5.27. The number of benzene rings is 2. The fraction of sp³-hybridized carbons (Fsp3) is 0.471. The molecule has 2 fully saturated rings. The van der Waals surface area contributed by atoms with Crippen LogP contribution in [0, 0.1) is 12.0 Å². The van der Waals surface area contributed by atoms with E-state index >= 15 is 0 Å². The fourth-order valence-electron chi connectivity index (χ4n) is 5.27. The van der Waals surface area contributed by atoms with Crippen molar-refractivity contribution in [3.05, 3.63) is 110 Å². The van der Waals surface area contributed by atoms with Gasteiger partial charge in [0.05, 0.1) is 6.04 Å². The summed E-state index contributed by atoms with van der Waals surface area (Å²) in [4.78, 5) is 5.01. The van der Waals surface area contributed by atoms with Crippen LogP contribution < -0.4 is 34.9 Å². The van der Waals surface area contributed by atoms with Crippen LogP contribution in [-0.2, 0) is 6.54 Å². The van der Waals surface area contributed by atoms with Crippen LogP contribution in [0.5, 0.6) is 0 Å². The minimum atomic E-state index is 0. The Morgan fingerprint density at radius 1 is 0.947 bits per heavy atom. The summed E-state index contributed by atoms with van der Waals surface area (Å²) in [5, 5.41) is 3.58. The molecule has 4 rings (SSSR count). The maximum Gasteiger partial charge on any atom is 1.00 e. The standard InChI is InChI=1S/C23H35N3.C9H12.C2H3.Na/c1-19(24-18-21-10-6-5-7-11-21)22-12-8-16-26(22)20(2)23(3)13-9-15-25(4)17-14-23;1-8(2)9-6-4-3-5-7-9;1-2;/h5-7,10-11,22,24H,1-2,8-9,12-18H2,3-4H3;3-8H,1-2H3;1H,2H2;/q;;-1;+1. The predicted molar refractivity (Wildman–Crippen MR) is 161 cm³/mol. The molecule has 0 saturated carbocycles. The van der Waals surface area contributed by atoms with E-state index in [0.29, 0.717) is 12.0 Å². The molecule has 0 bridgehead atoms. The van der Waals surface area contributed by atoms with E-state index in [1.165, 1.54) is 62.0 Å². The summed E-state index contributed by atoms with van der Waals surface area (Å²) in [6, 6.07) is 21.5. The topological polar surface area (TPSA) is 18.5 Å². The van der Waals surface area contributed by atoms with Crippen LogP contribution in [0.4, 0.5) is 0 Å². The summed E-state index contributed by atoms with van der Waals surface area (Å²) in [6.07, 6.45) is 6.11. The van der Waals surface area contributed by atoms with Crippen molar-refractivity contribution >= 4 is 0 Å². The van der Waals surface area contributed by atoms with E-state index in [1.54, 1.807) is 0 Å². The Balaban J connectivity index is 0.000000508. The Labute approximate surface area is 256 Å². The molecule has 0 aromatic heterocycles. The summed E-state index contributed by atoms with van der Waals surface area (Å²) in [7, 11) is 2.24. The second kappa shape index (κ2) is 17.7. The third-order valence-electron chi connectivity index (χ3n) is 7.84. The molecule has 2 heterocycles. The van der Waals surface area contributed by atoms with Gasteiger partial charge in [-0.1, -0.05) is 94.6 Å². The predicted octanol–water partition coefficient (Wildman–Crippen LogP) is 4.81. The molecule has 2 saturated heterocycles. The van der Waals surface area contributed by atoms with Crippen LogP contribution in [0.25, 0.3) is 0 Å². The van der Waals surface area contributed by atoms with Gasteiger partial charge in [-0.05, 0) is 69.3 Å². The van der Waals surface area contributed by atoms with Gasteiger partial charge in [-0.2, -0.15) is 0 Å². The molecule has 4 heteroatoms.